The van der Waals surface area contributed by atoms with Crippen LogP contribution in [0.4, 0.5) is 0 Å². The van der Waals surface area contributed by atoms with Gasteiger partial charge in [0.1, 0.15) is 5.69 Å². The highest BCUT2D eigenvalue weighted by Gasteiger charge is 2.14. The maximum Gasteiger partial charge on any atom is 0.191 e. The predicted molar refractivity (Wildman–Crippen MR) is 76.8 cm³/mol. The van der Waals surface area contributed by atoms with Gasteiger partial charge in [-0.25, -0.2) is 4.98 Å². The van der Waals surface area contributed by atoms with Crippen LogP contribution < -0.4 is 0 Å². The van der Waals surface area contributed by atoms with Crippen molar-refractivity contribution in [1.29, 1.82) is 0 Å². The van der Waals surface area contributed by atoms with E-state index in [4.69, 9.17) is 0 Å². The summed E-state index contributed by atoms with van der Waals surface area (Å²) in [4.78, 5) is 8.30. The summed E-state index contributed by atoms with van der Waals surface area (Å²) in [6, 6.07) is 0. The average molecular weight is 277 g/mol. The monoisotopic (exact) mass is 277 g/mol. The molecular weight excluding hydrogens is 258 g/mol. The molecule has 0 radical (unpaired) electrons. The van der Waals surface area contributed by atoms with Crippen molar-refractivity contribution in [2.24, 2.45) is 12.5 Å². The maximum absolute atomic E-state index is 4.25. The third-order valence-corrected chi connectivity index (χ3v) is 3.73. The van der Waals surface area contributed by atoms with Crippen molar-refractivity contribution in [1.82, 2.24) is 24.7 Å². The molecule has 102 valence electrons. The highest BCUT2D eigenvalue weighted by atomic mass is 32.2. The molecule has 0 amide bonds. The molecular formula is C13H19N5S. The van der Waals surface area contributed by atoms with Crippen LogP contribution in [0.1, 0.15) is 27.2 Å². The van der Waals surface area contributed by atoms with Crippen LogP contribution in [-0.4, -0.2) is 30.5 Å². The van der Waals surface area contributed by atoms with Crippen molar-refractivity contribution >= 4 is 11.8 Å². The Kier molecular flexibility index (Phi) is 4.19. The van der Waals surface area contributed by atoms with Crippen molar-refractivity contribution in [2.45, 2.75) is 32.3 Å². The highest BCUT2D eigenvalue weighted by Crippen LogP contribution is 2.26. The smallest absolute Gasteiger partial charge is 0.191 e. The zero-order valence-electron chi connectivity index (χ0n) is 11.8. The molecule has 2 heterocycles. The van der Waals surface area contributed by atoms with E-state index in [1.807, 2.05) is 11.6 Å². The Morgan fingerprint density at radius 3 is 2.63 bits per heavy atom. The van der Waals surface area contributed by atoms with Gasteiger partial charge in [0.25, 0.3) is 0 Å². The first-order chi connectivity index (χ1) is 8.97. The average Bonchev–Trinajstić information content (AvgIpc) is 2.71. The molecule has 2 rings (SSSR count). The molecule has 19 heavy (non-hydrogen) atoms. The van der Waals surface area contributed by atoms with Gasteiger partial charge in [-0.2, -0.15) is 0 Å². The Bertz CT molecular complexity index is 530. The lowest BCUT2D eigenvalue weighted by Gasteiger charge is -2.16. The van der Waals surface area contributed by atoms with Gasteiger partial charge in [0.2, 0.25) is 0 Å². The molecule has 0 N–H and O–H groups in total. The van der Waals surface area contributed by atoms with Crippen LogP contribution in [0.25, 0.3) is 11.5 Å². The van der Waals surface area contributed by atoms with Crippen molar-refractivity contribution in [3.8, 4) is 11.5 Å². The summed E-state index contributed by atoms with van der Waals surface area (Å²) in [5, 5.41) is 9.33. The topological polar surface area (TPSA) is 56.5 Å². The van der Waals surface area contributed by atoms with Gasteiger partial charge in [-0.05, 0) is 11.8 Å². The lowest BCUT2D eigenvalue weighted by molar-refractivity contribution is 0.401. The molecule has 0 aliphatic carbocycles. The Labute approximate surface area is 117 Å². The fourth-order valence-electron chi connectivity index (χ4n) is 1.53. The molecule has 2 aromatic rings. The minimum absolute atomic E-state index is 0.347. The van der Waals surface area contributed by atoms with E-state index < -0.39 is 0 Å². The summed E-state index contributed by atoms with van der Waals surface area (Å²) < 4.78 is 1.97. The van der Waals surface area contributed by atoms with Gasteiger partial charge in [0.05, 0.1) is 6.20 Å². The van der Waals surface area contributed by atoms with Crippen LogP contribution in [0, 0.1) is 5.41 Å². The number of rotatable bonds is 4. The lowest BCUT2D eigenvalue weighted by Crippen LogP contribution is -2.06. The molecule has 2 aromatic heterocycles. The summed E-state index contributed by atoms with van der Waals surface area (Å²) in [6.07, 6.45) is 6.16. The van der Waals surface area contributed by atoms with E-state index in [1.54, 1.807) is 30.4 Å². The molecule has 6 heteroatoms. The molecule has 0 aliphatic rings. The first-order valence-corrected chi connectivity index (χ1v) is 7.24. The van der Waals surface area contributed by atoms with Crippen LogP contribution in [-0.2, 0) is 7.05 Å². The van der Waals surface area contributed by atoms with Gasteiger partial charge in [-0.3, -0.25) is 4.98 Å². The second-order valence-corrected chi connectivity index (χ2v) is 6.68. The van der Waals surface area contributed by atoms with Crippen LogP contribution in [0.2, 0.25) is 0 Å². The molecule has 0 atom stereocenters. The number of hydrogen-bond donors (Lipinski definition) is 0. The van der Waals surface area contributed by atoms with E-state index >= 15 is 0 Å². The SMILES string of the molecule is Cn1c(SCCC(C)(C)C)nnc1-c1cnccn1. The highest BCUT2D eigenvalue weighted by molar-refractivity contribution is 7.99. The fraction of sp³-hybridized carbons (Fsp3) is 0.538. The quantitative estimate of drug-likeness (QED) is 0.804. The third-order valence-electron chi connectivity index (χ3n) is 2.71. The van der Waals surface area contributed by atoms with E-state index in [-0.39, 0.29) is 0 Å². The fourth-order valence-corrected chi connectivity index (χ4v) is 2.80. The van der Waals surface area contributed by atoms with Gasteiger partial charge >= 0.3 is 0 Å². The number of thioether (sulfide) groups is 1. The maximum atomic E-state index is 4.25. The minimum atomic E-state index is 0.347. The molecule has 0 bridgehead atoms. The van der Waals surface area contributed by atoms with Crippen LogP contribution in [0.5, 0.6) is 0 Å². The largest absolute Gasteiger partial charge is 0.304 e. The second kappa shape index (κ2) is 5.69. The van der Waals surface area contributed by atoms with Gasteiger partial charge in [-0.1, -0.05) is 32.5 Å². The summed E-state index contributed by atoms with van der Waals surface area (Å²) in [7, 11) is 1.96. The van der Waals surface area contributed by atoms with E-state index in [0.717, 1.165) is 28.8 Å². The zero-order valence-corrected chi connectivity index (χ0v) is 12.6. The zero-order chi connectivity index (χ0) is 13.9. The van der Waals surface area contributed by atoms with Crippen molar-refractivity contribution < 1.29 is 0 Å². The summed E-state index contributed by atoms with van der Waals surface area (Å²) in [5.41, 5.74) is 1.10. The number of aromatic nitrogens is 5. The van der Waals surface area contributed by atoms with Crippen LogP contribution in [0.3, 0.4) is 0 Å². The molecule has 0 saturated carbocycles. The molecule has 5 nitrogen and oxygen atoms in total. The van der Waals surface area contributed by atoms with Crippen molar-refractivity contribution in [3.63, 3.8) is 0 Å². The van der Waals surface area contributed by atoms with Crippen molar-refractivity contribution in [3.05, 3.63) is 18.6 Å². The van der Waals surface area contributed by atoms with Crippen LogP contribution in [0.15, 0.2) is 23.7 Å². The Balaban J connectivity index is 2.07. The second-order valence-electron chi connectivity index (χ2n) is 5.61. The molecule has 0 spiro atoms. The normalized spacial score (nSPS) is 11.8. The molecule has 0 unspecified atom stereocenters. The Hall–Kier alpha value is -1.43. The Morgan fingerprint density at radius 2 is 2.00 bits per heavy atom. The van der Waals surface area contributed by atoms with Gasteiger partial charge < -0.3 is 4.57 Å². The molecule has 0 aliphatic heterocycles. The molecule has 0 saturated heterocycles. The first kappa shape index (κ1) is 14.0. The number of nitrogens with zero attached hydrogens (tertiary/aromatic N) is 5. The van der Waals surface area contributed by atoms with E-state index in [0.29, 0.717) is 5.41 Å². The molecule has 0 fully saturated rings. The minimum Gasteiger partial charge on any atom is -0.304 e. The standard InChI is InChI=1S/C13H19N5S/c1-13(2,3)5-8-19-12-17-16-11(18(12)4)10-9-14-6-7-15-10/h6-7,9H,5,8H2,1-4H3. The number of hydrogen-bond acceptors (Lipinski definition) is 5. The van der Waals surface area contributed by atoms with Gasteiger partial charge in [-0.15, -0.1) is 10.2 Å². The lowest BCUT2D eigenvalue weighted by atomic mass is 9.94. The van der Waals surface area contributed by atoms with E-state index in [9.17, 15) is 0 Å². The van der Waals surface area contributed by atoms with E-state index in [2.05, 4.69) is 40.9 Å². The molecule has 0 aromatic carbocycles. The first-order valence-electron chi connectivity index (χ1n) is 6.26. The van der Waals surface area contributed by atoms with Gasteiger partial charge in [0, 0.05) is 25.2 Å². The summed E-state index contributed by atoms with van der Waals surface area (Å²) >= 11 is 1.73. The van der Waals surface area contributed by atoms with Gasteiger partial charge in [0.15, 0.2) is 11.0 Å². The third kappa shape index (κ3) is 3.76. The predicted octanol–water partition coefficient (Wildman–Crippen LogP) is 2.80. The van der Waals surface area contributed by atoms with Crippen LogP contribution >= 0.6 is 11.8 Å². The summed E-state index contributed by atoms with van der Waals surface area (Å²) in [6.45, 7) is 6.74. The van der Waals surface area contributed by atoms with Crippen molar-refractivity contribution in [2.75, 3.05) is 5.75 Å². The van der Waals surface area contributed by atoms with E-state index in [1.165, 1.54) is 0 Å². The Morgan fingerprint density at radius 1 is 1.21 bits per heavy atom. The summed E-state index contributed by atoms with van der Waals surface area (Å²) in [5.74, 6) is 1.79.